The number of anilines is 1. The number of ether oxygens (including phenoxy) is 1. The van der Waals surface area contributed by atoms with Crippen molar-refractivity contribution in [3.63, 3.8) is 0 Å². The quantitative estimate of drug-likeness (QED) is 0.592. The van der Waals surface area contributed by atoms with Gasteiger partial charge in [0.05, 0.1) is 24.1 Å². The highest BCUT2D eigenvalue weighted by atomic mass is 16.5. The van der Waals surface area contributed by atoms with Gasteiger partial charge < -0.3 is 19.4 Å². The normalized spacial score (nSPS) is 14.2. The summed E-state index contributed by atoms with van der Waals surface area (Å²) >= 11 is 0. The van der Waals surface area contributed by atoms with E-state index in [0.717, 1.165) is 30.1 Å². The number of hydrogen-bond acceptors (Lipinski definition) is 6. The third-order valence-electron chi connectivity index (χ3n) is 5.80. The van der Waals surface area contributed by atoms with Gasteiger partial charge in [-0.25, -0.2) is 14.6 Å². The maximum Gasteiger partial charge on any atom is 0.339 e. The summed E-state index contributed by atoms with van der Waals surface area (Å²) in [6.45, 7) is 7.25. The molecule has 0 atom stereocenters. The van der Waals surface area contributed by atoms with E-state index in [1.807, 2.05) is 38.1 Å². The van der Waals surface area contributed by atoms with Crippen LogP contribution in [0.2, 0.25) is 0 Å². The molecule has 4 rings (SSSR count). The number of para-hydroxylation sites is 1. The van der Waals surface area contributed by atoms with Crippen LogP contribution in [0, 0.1) is 13.8 Å². The lowest BCUT2D eigenvalue weighted by Gasteiger charge is -2.34. The number of carbonyl (C=O) groups excluding carboxylic acids is 2. The van der Waals surface area contributed by atoms with Crippen molar-refractivity contribution in [2.45, 2.75) is 20.4 Å². The molecule has 8 heteroatoms. The van der Waals surface area contributed by atoms with E-state index < -0.39 is 5.97 Å². The molecule has 1 aliphatic rings. The van der Waals surface area contributed by atoms with E-state index in [0.29, 0.717) is 36.8 Å². The van der Waals surface area contributed by atoms with Crippen LogP contribution >= 0.6 is 0 Å². The number of nitrogens with one attached hydrogen (secondary N) is 1. The number of rotatable bonds is 5. The number of hydrogen-bond donors (Lipinski definition) is 1. The first-order chi connectivity index (χ1) is 15.9. The van der Waals surface area contributed by atoms with Gasteiger partial charge in [0.25, 0.3) is 0 Å². The van der Waals surface area contributed by atoms with E-state index in [2.05, 4.69) is 10.2 Å². The van der Waals surface area contributed by atoms with Crippen molar-refractivity contribution >= 4 is 17.7 Å². The molecule has 33 heavy (non-hydrogen) atoms. The molecule has 0 bridgehead atoms. The Balaban J connectivity index is 1.34. The van der Waals surface area contributed by atoms with Crippen LogP contribution in [0.3, 0.4) is 0 Å². The van der Waals surface area contributed by atoms with Gasteiger partial charge in [-0.05, 0) is 38.1 Å². The molecule has 0 saturated carbocycles. The molecule has 2 amide bonds. The van der Waals surface area contributed by atoms with E-state index >= 15 is 0 Å². The van der Waals surface area contributed by atoms with Gasteiger partial charge in [-0.3, -0.25) is 4.90 Å². The van der Waals surface area contributed by atoms with Gasteiger partial charge in [-0.2, -0.15) is 0 Å². The van der Waals surface area contributed by atoms with E-state index in [1.54, 1.807) is 29.2 Å². The van der Waals surface area contributed by atoms with Crippen molar-refractivity contribution < 1.29 is 18.7 Å². The monoisotopic (exact) mass is 448 g/mol. The molecule has 0 radical (unpaired) electrons. The van der Waals surface area contributed by atoms with Crippen LogP contribution < -0.4 is 5.32 Å². The van der Waals surface area contributed by atoms with Crippen LogP contribution in [0.5, 0.6) is 0 Å². The Bertz CT molecular complexity index is 1130. The summed E-state index contributed by atoms with van der Waals surface area (Å²) in [4.78, 5) is 33.4. The third-order valence-corrected chi connectivity index (χ3v) is 5.80. The minimum absolute atomic E-state index is 0.231. The van der Waals surface area contributed by atoms with Gasteiger partial charge in [0.1, 0.15) is 5.76 Å². The van der Waals surface area contributed by atoms with Crippen LogP contribution in [0.25, 0.3) is 11.5 Å². The standard InChI is InChI=1S/C25H28N4O4/c1-17-8-10-19(11-9-17)23-26-22(18(2)33-23)16-28-12-14-29(15-13-28)25(31)27-21-7-5-4-6-20(21)24(30)32-3/h4-11H,12-16H2,1-3H3,(H,27,31). The van der Waals surface area contributed by atoms with Crippen LogP contribution in [-0.2, 0) is 11.3 Å². The highest BCUT2D eigenvalue weighted by Crippen LogP contribution is 2.23. The Morgan fingerprint density at radius 2 is 1.73 bits per heavy atom. The fourth-order valence-electron chi connectivity index (χ4n) is 3.79. The number of aromatic nitrogens is 1. The smallest absolute Gasteiger partial charge is 0.339 e. The highest BCUT2D eigenvalue weighted by molar-refractivity contribution is 6.00. The predicted octanol–water partition coefficient (Wildman–Crippen LogP) is 4.09. The Hall–Kier alpha value is -3.65. The molecule has 172 valence electrons. The molecule has 0 spiro atoms. The summed E-state index contributed by atoms with van der Waals surface area (Å²) in [7, 11) is 1.32. The number of oxazole rings is 1. The van der Waals surface area contributed by atoms with Gasteiger partial charge in [-0.15, -0.1) is 0 Å². The maximum absolute atomic E-state index is 12.8. The molecule has 2 aromatic carbocycles. The summed E-state index contributed by atoms with van der Waals surface area (Å²) in [5.74, 6) is 0.957. The second-order valence-corrected chi connectivity index (χ2v) is 8.12. The molecular weight excluding hydrogens is 420 g/mol. The highest BCUT2D eigenvalue weighted by Gasteiger charge is 2.24. The fraction of sp³-hybridized carbons (Fsp3) is 0.320. The van der Waals surface area contributed by atoms with E-state index in [1.165, 1.54) is 12.7 Å². The average molecular weight is 449 g/mol. The zero-order valence-corrected chi connectivity index (χ0v) is 19.1. The van der Waals surface area contributed by atoms with Crippen LogP contribution in [0.15, 0.2) is 52.9 Å². The molecule has 1 saturated heterocycles. The molecule has 0 unspecified atom stereocenters. The summed E-state index contributed by atoms with van der Waals surface area (Å²) in [5, 5.41) is 2.83. The van der Waals surface area contributed by atoms with Crippen molar-refractivity contribution in [1.29, 1.82) is 0 Å². The lowest BCUT2D eigenvalue weighted by Crippen LogP contribution is -2.49. The molecule has 1 aliphatic heterocycles. The summed E-state index contributed by atoms with van der Waals surface area (Å²) in [6, 6.07) is 14.7. The third kappa shape index (κ3) is 5.23. The SMILES string of the molecule is COC(=O)c1ccccc1NC(=O)N1CCN(Cc2nc(-c3ccc(C)cc3)oc2C)CC1. The van der Waals surface area contributed by atoms with Gasteiger partial charge in [-0.1, -0.05) is 29.8 Å². The second-order valence-electron chi connectivity index (χ2n) is 8.12. The number of carbonyl (C=O) groups is 2. The number of nitrogens with zero attached hydrogens (tertiary/aromatic N) is 3. The molecule has 1 N–H and O–H groups in total. The number of urea groups is 1. The summed E-state index contributed by atoms with van der Waals surface area (Å²) < 4.78 is 10.7. The first-order valence-corrected chi connectivity index (χ1v) is 10.9. The van der Waals surface area contributed by atoms with Crippen molar-refractivity contribution in [3.05, 3.63) is 71.1 Å². The molecule has 1 aromatic heterocycles. The predicted molar refractivity (Wildman–Crippen MR) is 125 cm³/mol. The van der Waals surface area contributed by atoms with E-state index in [9.17, 15) is 9.59 Å². The Morgan fingerprint density at radius 3 is 2.42 bits per heavy atom. The number of methoxy groups -OCH3 is 1. The van der Waals surface area contributed by atoms with Gasteiger partial charge in [0.2, 0.25) is 5.89 Å². The van der Waals surface area contributed by atoms with Crippen molar-refractivity contribution in [3.8, 4) is 11.5 Å². The van der Waals surface area contributed by atoms with Crippen LogP contribution in [-0.4, -0.2) is 60.1 Å². The average Bonchev–Trinajstić information content (AvgIpc) is 3.19. The molecule has 8 nitrogen and oxygen atoms in total. The minimum atomic E-state index is -0.483. The number of benzene rings is 2. The minimum Gasteiger partial charge on any atom is -0.465 e. The molecule has 2 heterocycles. The van der Waals surface area contributed by atoms with Gasteiger partial charge >= 0.3 is 12.0 Å². The van der Waals surface area contributed by atoms with Gasteiger partial charge in [0.15, 0.2) is 0 Å². The number of aryl methyl sites for hydroxylation is 2. The summed E-state index contributed by atoms with van der Waals surface area (Å²) in [6.07, 6.45) is 0. The van der Waals surface area contributed by atoms with Crippen LogP contribution in [0.4, 0.5) is 10.5 Å². The van der Waals surface area contributed by atoms with Gasteiger partial charge in [0, 0.05) is 38.3 Å². The largest absolute Gasteiger partial charge is 0.465 e. The summed E-state index contributed by atoms with van der Waals surface area (Å²) in [5.41, 5.74) is 3.84. The Labute approximate surface area is 193 Å². The van der Waals surface area contributed by atoms with Crippen molar-refractivity contribution in [2.75, 3.05) is 38.6 Å². The van der Waals surface area contributed by atoms with Crippen molar-refractivity contribution in [1.82, 2.24) is 14.8 Å². The number of amides is 2. The Morgan fingerprint density at radius 1 is 1.03 bits per heavy atom. The second kappa shape index (κ2) is 9.87. The molecule has 1 fully saturated rings. The van der Waals surface area contributed by atoms with Crippen molar-refractivity contribution in [2.24, 2.45) is 0 Å². The zero-order chi connectivity index (χ0) is 23.4. The van der Waals surface area contributed by atoms with Crippen LogP contribution in [0.1, 0.15) is 27.4 Å². The first kappa shape index (κ1) is 22.5. The number of piperazine rings is 1. The molecular formula is C25H28N4O4. The first-order valence-electron chi connectivity index (χ1n) is 10.9. The number of esters is 1. The lowest BCUT2D eigenvalue weighted by molar-refractivity contribution is 0.0602. The maximum atomic E-state index is 12.8. The fourth-order valence-corrected chi connectivity index (χ4v) is 3.79. The van der Waals surface area contributed by atoms with E-state index in [4.69, 9.17) is 14.1 Å². The topological polar surface area (TPSA) is 87.9 Å². The van der Waals surface area contributed by atoms with E-state index in [-0.39, 0.29) is 6.03 Å². The Kier molecular flexibility index (Phi) is 6.74. The molecule has 0 aliphatic carbocycles. The lowest BCUT2D eigenvalue weighted by atomic mass is 10.1. The molecule has 3 aromatic rings. The zero-order valence-electron chi connectivity index (χ0n) is 19.1.